The van der Waals surface area contributed by atoms with Crippen LogP contribution in [0.15, 0.2) is 12.2 Å². The molecule has 1 aliphatic carbocycles. The fourth-order valence-electron chi connectivity index (χ4n) is 1.43. The second-order valence-corrected chi connectivity index (χ2v) is 3.36. The van der Waals surface area contributed by atoms with Crippen LogP contribution in [0.1, 0.15) is 19.3 Å². The minimum Gasteiger partial charge on any atom is -0.478 e. The van der Waals surface area contributed by atoms with Crippen LogP contribution in [0.4, 0.5) is 0 Å². The van der Waals surface area contributed by atoms with Gasteiger partial charge in [-0.25, -0.2) is 9.59 Å². The van der Waals surface area contributed by atoms with Gasteiger partial charge in [0.15, 0.2) is 0 Å². The van der Waals surface area contributed by atoms with Crippen molar-refractivity contribution in [2.75, 3.05) is 6.61 Å². The number of hydrogen-bond acceptors (Lipinski definition) is 4. The lowest BCUT2D eigenvalue weighted by Crippen LogP contribution is -2.16. The number of aliphatic carboxylic acids is 1. The third-order valence-electron chi connectivity index (χ3n) is 2.22. The van der Waals surface area contributed by atoms with E-state index in [9.17, 15) is 14.4 Å². The minimum atomic E-state index is -1.20. The molecule has 1 fully saturated rings. The number of ketones is 1. The maximum Gasteiger partial charge on any atom is 0.331 e. The monoisotopic (exact) mass is 212 g/mol. The van der Waals surface area contributed by atoms with Gasteiger partial charge in [-0.3, -0.25) is 4.79 Å². The number of Topliss-reactive ketones (excluding diaryl/α,β-unsaturated/α-hetero) is 1. The molecule has 82 valence electrons. The molecule has 0 spiro atoms. The second-order valence-electron chi connectivity index (χ2n) is 3.36. The third kappa shape index (κ3) is 3.93. The molecule has 5 heteroatoms. The van der Waals surface area contributed by atoms with Gasteiger partial charge in [0.25, 0.3) is 0 Å². The average molecular weight is 212 g/mol. The molecule has 1 atom stereocenters. The number of carboxylic acids is 1. The molecule has 0 heterocycles. The summed E-state index contributed by atoms with van der Waals surface area (Å²) in [5.41, 5.74) is 0. The van der Waals surface area contributed by atoms with Gasteiger partial charge in [-0.1, -0.05) is 0 Å². The molecule has 0 amide bonds. The summed E-state index contributed by atoms with van der Waals surface area (Å²) in [5, 5.41) is 8.24. The van der Waals surface area contributed by atoms with Crippen molar-refractivity contribution < 1.29 is 24.2 Å². The highest BCUT2D eigenvalue weighted by atomic mass is 16.5. The zero-order chi connectivity index (χ0) is 11.3. The summed E-state index contributed by atoms with van der Waals surface area (Å²) < 4.78 is 4.74. The lowest BCUT2D eigenvalue weighted by atomic mass is 10.1. The Bertz CT molecular complexity index is 305. The van der Waals surface area contributed by atoms with Gasteiger partial charge in [-0.05, 0) is 12.8 Å². The summed E-state index contributed by atoms with van der Waals surface area (Å²) in [6, 6.07) is 0. The van der Waals surface area contributed by atoms with Crippen molar-refractivity contribution in [3.63, 3.8) is 0 Å². The topological polar surface area (TPSA) is 80.7 Å². The van der Waals surface area contributed by atoms with Gasteiger partial charge < -0.3 is 9.84 Å². The van der Waals surface area contributed by atoms with E-state index >= 15 is 0 Å². The summed E-state index contributed by atoms with van der Waals surface area (Å²) >= 11 is 0. The van der Waals surface area contributed by atoms with Crippen LogP contribution in [0.5, 0.6) is 0 Å². The molecule has 0 bridgehead atoms. The Balaban J connectivity index is 2.27. The molecule has 1 unspecified atom stereocenters. The molecule has 0 saturated heterocycles. The summed E-state index contributed by atoms with van der Waals surface area (Å²) in [6.45, 7) is 0.0572. The highest BCUT2D eigenvalue weighted by Crippen LogP contribution is 2.21. The van der Waals surface area contributed by atoms with Crippen molar-refractivity contribution in [3.05, 3.63) is 12.2 Å². The summed E-state index contributed by atoms with van der Waals surface area (Å²) in [7, 11) is 0. The normalized spacial score (nSPS) is 20.8. The van der Waals surface area contributed by atoms with Crippen molar-refractivity contribution in [2.45, 2.75) is 19.3 Å². The Morgan fingerprint density at radius 3 is 2.73 bits per heavy atom. The van der Waals surface area contributed by atoms with E-state index in [1.807, 2.05) is 0 Å². The Labute approximate surface area is 86.7 Å². The molecule has 15 heavy (non-hydrogen) atoms. The summed E-state index contributed by atoms with van der Waals surface area (Å²) in [4.78, 5) is 32.1. The number of carbonyl (C=O) groups excluding carboxylic acids is 2. The van der Waals surface area contributed by atoms with E-state index in [1.165, 1.54) is 0 Å². The van der Waals surface area contributed by atoms with Gasteiger partial charge >= 0.3 is 11.9 Å². The third-order valence-corrected chi connectivity index (χ3v) is 2.22. The molecule has 1 saturated carbocycles. The molecule has 0 aromatic rings. The maximum absolute atomic E-state index is 11.1. The van der Waals surface area contributed by atoms with Crippen LogP contribution in [-0.4, -0.2) is 29.4 Å². The van der Waals surface area contributed by atoms with E-state index in [2.05, 4.69) is 0 Å². The van der Waals surface area contributed by atoms with E-state index in [1.54, 1.807) is 0 Å². The first-order valence-corrected chi connectivity index (χ1v) is 4.70. The lowest BCUT2D eigenvalue weighted by molar-refractivity contribution is -0.141. The zero-order valence-corrected chi connectivity index (χ0v) is 8.14. The molecular weight excluding hydrogens is 200 g/mol. The highest BCUT2D eigenvalue weighted by Gasteiger charge is 2.25. The van der Waals surface area contributed by atoms with Crippen LogP contribution in [0, 0.1) is 5.92 Å². The number of ether oxygens (including phenoxy) is 1. The van der Waals surface area contributed by atoms with Crippen LogP contribution in [0.25, 0.3) is 0 Å². The lowest BCUT2D eigenvalue weighted by Gasteiger charge is -2.06. The average Bonchev–Trinajstić information content (AvgIpc) is 2.58. The second kappa shape index (κ2) is 5.29. The van der Waals surface area contributed by atoms with Crippen LogP contribution < -0.4 is 0 Å². The van der Waals surface area contributed by atoms with Gasteiger partial charge in [0, 0.05) is 18.6 Å². The summed E-state index contributed by atoms with van der Waals surface area (Å²) in [6.07, 6.45) is 3.68. The molecule has 1 aliphatic rings. The largest absolute Gasteiger partial charge is 0.478 e. The highest BCUT2D eigenvalue weighted by molar-refractivity contribution is 5.91. The number of esters is 1. The minimum absolute atomic E-state index is 0.0572. The first-order chi connectivity index (χ1) is 7.09. The Morgan fingerprint density at radius 2 is 2.20 bits per heavy atom. The van der Waals surface area contributed by atoms with E-state index < -0.39 is 11.9 Å². The molecular formula is C10H12O5. The van der Waals surface area contributed by atoms with E-state index in [0.29, 0.717) is 12.5 Å². The fourth-order valence-corrected chi connectivity index (χ4v) is 1.43. The predicted octanol–water partition coefficient (Wildman–Crippen LogP) is 0.540. The quantitative estimate of drug-likeness (QED) is 0.543. The van der Waals surface area contributed by atoms with Crippen molar-refractivity contribution in [3.8, 4) is 0 Å². The van der Waals surface area contributed by atoms with Crippen molar-refractivity contribution in [1.82, 2.24) is 0 Å². The van der Waals surface area contributed by atoms with Crippen molar-refractivity contribution in [2.24, 2.45) is 5.92 Å². The van der Waals surface area contributed by atoms with E-state index in [-0.39, 0.29) is 18.3 Å². The number of rotatable bonds is 4. The van der Waals surface area contributed by atoms with Gasteiger partial charge in [0.2, 0.25) is 0 Å². The van der Waals surface area contributed by atoms with E-state index in [4.69, 9.17) is 9.84 Å². The fraction of sp³-hybridized carbons (Fsp3) is 0.500. The summed E-state index contributed by atoms with van der Waals surface area (Å²) in [5.74, 6) is -2.02. The zero-order valence-electron chi connectivity index (χ0n) is 8.14. The molecule has 0 aromatic carbocycles. The van der Waals surface area contributed by atoms with Gasteiger partial charge in [0.05, 0.1) is 5.92 Å². The van der Waals surface area contributed by atoms with Crippen molar-refractivity contribution in [1.29, 1.82) is 0 Å². The molecule has 0 radical (unpaired) electrons. The molecule has 5 nitrogen and oxygen atoms in total. The predicted molar refractivity (Wildman–Crippen MR) is 50.1 cm³/mol. The van der Waals surface area contributed by atoms with Crippen LogP contribution in [0.3, 0.4) is 0 Å². The van der Waals surface area contributed by atoms with Crippen LogP contribution in [0.2, 0.25) is 0 Å². The maximum atomic E-state index is 11.1. The SMILES string of the molecule is O=C(O)/C=C/C(=O)OCC1CCCC1=O. The van der Waals surface area contributed by atoms with E-state index in [0.717, 1.165) is 18.9 Å². The first-order valence-electron chi connectivity index (χ1n) is 4.70. The molecule has 1 N–H and O–H groups in total. The first kappa shape index (κ1) is 11.4. The number of carbonyl (C=O) groups is 3. The van der Waals surface area contributed by atoms with Gasteiger partial charge in [-0.2, -0.15) is 0 Å². The van der Waals surface area contributed by atoms with Crippen LogP contribution in [-0.2, 0) is 19.1 Å². The smallest absolute Gasteiger partial charge is 0.331 e. The molecule has 1 rings (SSSR count). The standard InChI is InChI=1S/C10H12O5/c11-8-3-1-2-7(8)6-15-10(14)5-4-9(12)13/h4-5,7H,1-3,6H2,(H,12,13)/b5-4+. The van der Waals surface area contributed by atoms with Gasteiger partial charge in [0.1, 0.15) is 12.4 Å². The van der Waals surface area contributed by atoms with Crippen molar-refractivity contribution >= 4 is 17.7 Å². The number of carboxylic acid groups (broad SMARTS) is 1. The van der Waals surface area contributed by atoms with Crippen LogP contribution >= 0.6 is 0 Å². The Morgan fingerprint density at radius 1 is 1.47 bits per heavy atom. The Kier molecular flexibility index (Phi) is 4.03. The van der Waals surface area contributed by atoms with Gasteiger partial charge in [-0.15, -0.1) is 0 Å². The molecule has 0 aliphatic heterocycles. The molecule has 0 aromatic heterocycles. The Hall–Kier alpha value is -1.65. The number of hydrogen-bond donors (Lipinski definition) is 1.